The number of carbonyl (C=O) groups excluding carboxylic acids is 1. The molecule has 3 aromatic carbocycles. The average Bonchev–Trinajstić information content (AvgIpc) is 3.59. The first-order valence-corrected chi connectivity index (χ1v) is 16.6. The highest BCUT2D eigenvalue weighted by molar-refractivity contribution is 7.86. The second kappa shape index (κ2) is 13.1. The number of nitrogens with one attached hydrogen (secondary N) is 1. The Labute approximate surface area is 259 Å². The number of ether oxygens (including phenoxy) is 4. The lowest BCUT2D eigenvalue weighted by Gasteiger charge is -2.39. The fourth-order valence-corrected chi connectivity index (χ4v) is 8.04. The van der Waals surface area contributed by atoms with Crippen LogP contribution in [0.4, 0.5) is 0 Å². The van der Waals surface area contributed by atoms with Gasteiger partial charge in [0.25, 0.3) is 10.2 Å². The molecule has 234 valence electrons. The third-order valence-electron chi connectivity index (χ3n) is 8.47. The molecule has 1 amide bonds. The molecule has 0 radical (unpaired) electrons. The highest BCUT2D eigenvalue weighted by Gasteiger charge is 2.41. The number of benzene rings is 3. The molecule has 0 aliphatic carbocycles. The van der Waals surface area contributed by atoms with Crippen LogP contribution in [-0.4, -0.2) is 69.9 Å². The first kappa shape index (κ1) is 30.2. The number of aryl methyl sites for hydroxylation is 1. The minimum absolute atomic E-state index is 0.0310. The molecule has 0 aromatic heterocycles. The molecule has 1 N–H and O–H groups in total. The standard InChI is InChI=1S/C33H39N3O7S/c1-40-28-11-10-25-21-30(28)42-18-6-14-34-32(37)12-9-23-7-5-8-26(19-23)43-31-20-24-13-17-36(33(25)27(24)22-29(31)41-2)44(38,39)35-15-3-4-16-35/h5,7-8,10-11,19-22,33H,3-4,6,9,12-18H2,1-2H3,(H,34,37). The van der Waals surface area contributed by atoms with Gasteiger partial charge in [-0.05, 0) is 90.8 Å². The fraction of sp³-hybridized carbons (Fsp3) is 0.424. The molecule has 1 saturated heterocycles. The summed E-state index contributed by atoms with van der Waals surface area (Å²) in [7, 11) is -0.598. The minimum atomic E-state index is -3.76. The Morgan fingerprint density at radius 1 is 0.864 bits per heavy atom. The van der Waals surface area contributed by atoms with Crippen LogP contribution in [0, 0.1) is 0 Å². The summed E-state index contributed by atoms with van der Waals surface area (Å²) in [6, 6.07) is 16.5. The number of hydrogen-bond acceptors (Lipinski definition) is 7. The molecule has 0 spiro atoms. The van der Waals surface area contributed by atoms with Gasteiger partial charge in [0.2, 0.25) is 5.91 Å². The fourth-order valence-electron chi connectivity index (χ4n) is 6.20. The summed E-state index contributed by atoms with van der Waals surface area (Å²) in [4.78, 5) is 12.5. The molecule has 44 heavy (non-hydrogen) atoms. The highest BCUT2D eigenvalue weighted by Crippen LogP contribution is 2.45. The summed E-state index contributed by atoms with van der Waals surface area (Å²) in [5, 5.41) is 2.96. The van der Waals surface area contributed by atoms with Gasteiger partial charge in [0.1, 0.15) is 5.75 Å². The predicted octanol–water partition coefficient (Wildman–Crippen LogP) is 4.62. The van der Waals surface area contributed by atoms with E-state index in [0.717, 1.165) is 35.1 Å². The van der Waals surface area contributed by atoms with Crippen LogP contribution < -0.4 is 24.3 Å². The van der Waals surface area contributed by atoms with Crippen molar-refractivity contribution in [3.8, 4) is 28.7 Å². The third kappa shape index (κ3) is 6.22. The van der Waals surface area contributed by atoms with Crippen LogP contribution in [0.5, 0.6) is 28.7 Å². The Morgan fingerprint density at radius 3 is 2.48 bits per heavy atom. The minimum Gasteiger partial charge on any atom is -0.493 e. The summed E-state index contributed by atoms with van der Waals surface area (Å²) in [5.74, 6) is 2.71. The number of carbonyl (C=O) groups is 1. The van der Waals surface area contributed by atoms with Gasteiger partial charge in [-0.25, -0.2) is 0 Å². The van der Waals surface area contributed by atoms with E-state index in [-0.39, 0.29) is 5.91 Å². The van der Waals surface area contributed by atoms with Crippen LogP contribution in [0.15, 0.2) is 54.6 Å². The van der Waals surface area contributed by atoms with Crippen molar-refractivity contribution in [2.75, 3.05) is 47.0 Å². The number of fused-ring (bicyclic) bond motifs is 8. The van der Waals surface area contributed by atoms with Crippen molar-refractivity contribution in [3.05, 3.63) is 76.9 Å². The van der Waals surface area contributed by atoms with E-state index < -0.39 is 16.3 Å². The van der Waals surface area contributed by atoms with E-state index in [1.165, 1.54) is 0 Å². The molecule has 1 fully saturated rings. The lowest BCUT2D eigenvalue weighted by molar-refractivity contribution is -0.121. The number of nitrogens with zero attached hydrogens (tertiary/aromatic N) is 2. The number of amides is 1. The van der Waals surface area contributed by atoms with E-state index in [4.69, 9.17) is 18.9 Å². The molecule has 4 aliphatic rings. The maximum absolute atomic E-state index is 14.1. The van der Waals surface area contributed by atoms with Crippen LogP contribution in [0.1, 0.15) is 54.0 Å². The SMILES string of the molecule is COc1ccc2cc1OCCCNC(=O)CCc1cccc(c1)Oc1cc3c(cc1OC)C2N(S(=O)(=O)N1CCCC1)CC3. The zero-order valence-electron chi connectivity index (χ0n) is 25.2. The molecule has 3 aromatic rings. The van der Waals surface area contributed by atoms with Crippen molar-refractivity contribution >= 4 is 16.1 Å². The Hall–Kier alpha value is -3.80. The highest BCUT2D eigenvalue weighted by atomic mass is 32.2. The van der Waals surface area contributed by atoms with Gasteiger partial charge in [0, 0.05) is 32.6 Å². The van der Waals surface area contributed by atoms with Crippen LogP contribution in [0.2, 0.25) is 0 Å². The molecule has 4 aliphatic heterocycles. The first-order valence-electron chi connectivity index (χ1n) is 15.2. The van der Waals surface area contributed by atoms with E-state index in [2.05, 4.69) is 5.32 Å². The third-order valence-corrected chi connectivity index (χ3v) is 10.5. The van der Waals surface area contributed by atoms with Crippen molar-refractivity contribution < 1.29 is 32.2 Å². The van der Waals surface area contributed by atoms with Crippen molar-refractivity contribution in [3.63, 3.8) is 0 Å². The zero-order chi connectivity index (χ0) is 30.7. The van der Waals surface area contributed by atoms with Crippen LogP contribution in [-0.2, 0) is 27.8 Å². The molecule has 1 atom stereocenters. The van der Waals surface area contributed by atoms with Gasteiger partial charge in [-0.15, -0.1) is 0 Å². The largest absolute Gasteiger partial charge is 0.493 e. The molecule has 10 nitrogen and oxygen atoms in total. The molecule has 11 heteroatoms. The Kier molecular flexibility index (Phi) is 8.97. The molecule has 1 unspecified atom stereocenters. The van der Waals surface area contributed by atoms with Gasteiger partial charge >= 0.3 is 0 Å². The van der Waals surface area contributed by atoms with Crippen LogP contribution in [0.25, 0.3) is 0 Å². The van der Waals surface area contributed by atoms with Crippen molar-refractivity contribution in [1.82, 2.24) is 13.9 Å². The molecule has 0 saturated carbocycles. The van der Waals surface area contributed by atoms with Gasteiger partial charge in [-0.1, -0.05) is 18.2 Å². The predicted molar refractivity (Wildman–Crippen MR) is 166 cm³/mol. The number of rotatable bonds is 4. The topological polar surface area (TPSA) is 107 Å². The Morgan fingerprint density at radius 2 is 1.68 bits per heavy atom. The normalized spacial score (nSPS) is 19.9. The summed E-state index contributed by atoms with van der Waals surface area (Å²) in [6.45, 7) is 2.18. The van der Waals surface area contributed by atoms with Crippen molar-refractivity contribution in [2.24, 2.45) is 0 Å². The maximum atomic E-state index is 14.1. The molecular weight excluding hydrogens is 582 g/mol. The van der Waals surface area contributed by atoms with Crippen molar-refractivity contribution in [2.45, 2.75) is 44.6 Å². The summed E-state index contributed by atoms with van der Waals surface area (Å²) < 4.78 is 55.3. The van der Waals surface area contributed by atoms with Gasteiger partial charge in [-0.2, -0.15) is 17.0 Å². The number of hydrogen-bond donors (Lipinski definition) is 1. The smallest absolute Gasteiger partial charge is 0.282 e. The molecule has 4 heterocycles. The van der Waals surface area contributed by atoms with Crippen LogP contribution in [0.3, 0.4) is 0 Å². The first-order chi connectivity index (χ1) is 21.4. The van der Waals surface area contributed by atoms with E-state index in [9.17, 15) is 13.2 Å². The maximum Gasteiger partial charge on any atom is 0.282 e. The van der Waals surface area contributed by atoms with Gasteiger partial charge in [0.05, 0.1) is 26.9 Å². The van der Waals surface area contributed by atoms with E-state index in [1.54, 1.807) is 22.8 Å². The molecule has 7 rings (SSSR count). The van der Waals surface area contributed by atoms with Gasteiger partial charge < -0.3 is 24.3 Å². The summed E-state index contributed by atoms with van der Waals surface area (Å²) >= 11 is 0. The quantitative estimate of drug-likeness (QED) is 0.453. The summed E-state index contributed by atoms with van der Waals surface area (Å²) in [6.07, 6.45) is 3.77. The average molecular weight is 622 g/mol. The lowest BCUT2D eigenvalue weighted by atomic mass is 9.89. The second-order valence-electron chi connectivity index (χ2n) is 11.3. The summed E-state index contributed by atoms with van der Waals surface area (Å²) in [5.41, 5.74) is 3.57. The van der Waals surface area contributed by atoms with E-state index in [1.807, 2.05) is 54.6 Å². The molecular formula is C33H39N3O7S. The monoisotopic (exact) mass is 621 g/mol. The zero-order valence-corrected chi connectivity index (χ0v) is 26.0. The van der Waals surface area contributed by atoms with E-state index >= 15 is 0 Å². The Balaban J connectivity index is 1.48. The lowest BCUT2D eigenvalue weighted by Crippen LogP contribution is -2.47. The molecule has 8 bridgehead atoms. The Bertz CT molecular complexity index is 1620. The van der Waals surface area contributed by atoms with Crippen molar-refractivity contribution in [1.29, 1.82) is 0 Å². The van der Waals surface area contributed by atoms with Gasteiger partial charge in [-0.3, -0.25) is 4.79 Å². The van der Waals surface area contributed by atoms with Gasteiger partial charge in [0.15, 0.2) is 23.0 Å². The van der Waals surface area contributed by atoms with E-state index in [0.29, 0.717) is 87.2 Å². The second-order valence-corrected chi connectivity index (χ2v) is 13.2. The van der Waals surface area contributed by atoms with Crippen LogP contribution >= 0.6 is 0 Å². The number of methoxy groups -OCH3 is 2.